The van der Waals surface area contributed by atoms with Crippen LogP contribution in [0.1, 0.15) is 65.2 Å². The molecule has 1 saturated carbocycles. The predicted octanol–water partition coefficient (Wildman–Crippen LogP) is 3.19. The molecular weight excluding hydrogens is 248 g/mol. The van der Waals surface area contributed by atoms with E-state index in [0.717, 1.165) is 32.0 Å². The van der Waals surface area contributed by atoms with Crippen LogP contribution < -0.4 is 5.32 Å². The van der Waals surface area contributed by atoms with Crippen molar-refractivity contribution in [3.8, 4) is 0 Å². The monoisotopic (exact) mass is 280 g/mol. The summed E-state index contributed by atoms with van der Waals surface area (Å²) in [6, 6.07) is 0.707. The van der Waals surface area contributed by atoms with E-state index in [2.05, 4.69) is 24.1 Å². The summed E-state index contributed by atoms with van der Waals surface area (Å²) in [6.45, 7) is 7.60. The summed E-state index contributed by atoms with van der Waals surface area (Å²) in [6.07, 6.45) is 9.68. The zero-order chi connectivity index (χ0) is 14.4. The Balaban J connectivity index is 1.73. The number of carbonyl (C=O) groups is 1. The van der Waals surface area contributed by atoms with E-state index in [-0.39, 0.29) is 0 Å². The molecule has 1 heterocycles. The largest absolute Gasteiger partial charge is 0.342 e. The van der Waals surface area contributed by atoms with Crippen LogP contribution >= 0.6 is 0 Å². The second kappa shape index (κ2) is 8.02. The van der Waals surface area contributed by atoms with Crippen LogP contribution in [0.2, 0.25) is 0 Å². The van der Waals surface area contributed by atoms with Crippen molar-refractivity contribution in [2.45, 2.75) is 71.3 Å². The van der Waals surface area contributed by atoms with Gasteiger partial charge in [-0.3, -0.25) is 4.79 Å². The van der Waals surface area contributed by atoms with Crippen molar-refractivity contribution < 1.29 is 4.79 Å². The third-order valence-corrected chi connectivity index (χ3v) is 5.08. The Kier molecular flexibility index (Phi) is 6.34. The zero-order valence-electron chi connectivity index (χ0n) is 13.4. The van der Waals surface area contributed by atoms with Gasteiger partial charge in [0.2, 0.25) is 5.91 Å². The minimum Gasteiger partial charge on any atom is -0.342 e. The predicted molar refractivity (Wildman–Crippen MR) is 83.6 cm³/mol. The Hall–Kier alpha value is -0.570. The summed E-state index contributed by atoms with van der Waals surface area (Å²) in [5.41, 5.74) is 0. The van der Waals surface area contributed by atoms with Gasteiger partial charge in [-0.15, -0.1) is 0 Å². The Bertz CT molecular complexity index is 305. The minimum absolute atomic E-state index is 0.402. The minimum atomic E-state index is 0.402. The lowest BCUT2D eigenvalue weighted by molar-refractivity contribution is -0.127. The second-order valence-corrected chi connectivity index (χ2v) is 6.74. The molecule has 2 fully saturated rings. The van der Waals surface area contributed by atoms with E-state index in [1.54, 1.807) is 0 Å². The van der Waals surface area contributed by atoms with Crippen molar-refractivity contribution in [1.29, 1.82) is 0 Å². The zero-order valence-corrected chi connectivity index (χ0v) is 13.4. The van der Waals surface area contributed by atoms with Gasteiger partial charge in [-0.1, -0.05) is 26.7 Å². The summed E-state index contributed by atoms with van der Waals surface area (Å²) in [4.78, 5) is 14.2. The quantitative estimate of drug-likeness (QED) is 0.740. The number of rotatable bonds is 8. The number of carbonyl (C=O) groups excluding carboxylic acids is 1. The van der Waals surface area contributed by atoms with Crippen molar-refractivity contribution in [3.63, 3.8) is 0 Å². The standard InChI is InChI=1S/C17H32N2O/c1-3-6-14-12-17(20)19(13-14)11-9-15-7-5-8-16(15)18-10-4-2/h14-16,18H,3-13H2,1-2H3. The molecule has 0 spiro atoms. The van der Waals surface area contributed by atoms with Gasteiger partial charge in [-0.2, -0.15) is 0 Å². The van der Waals surface area contributed by atoms with E-state index in [9.17, 15) is 4.79 Å². The first-order chi connectivity index (χ1) is 9.74. The van der Waals surface area contributed by atoms with Crippen LogP contribution in [-0.4, -0.2) is 36.5 Å². The molecule has 1 amide bonds. The fourth-order valence-corrected chi connectivity index (χ4v) is 3.97. The van der Waals surface area contributed by atoms with Gasteiger partial charge in [-0.25, -0.2) is 0 Å². The Morgan fingerprint density at radius 1 is 1.20 bits per heavy atom. The Morgan fingerprint density at radius 2 is 2.05 bits per heavy atom. The van der Waals surface area contributed by atoms with Crippen molar-refractivity contribution in [2.24, 2.45) is 11.8 Å². The van der Waals surface area contributed by atoms with Crippen LogP contribution in [0.5, 0.6) is 0 Å². The highest BCUT2D eigenvalue weighted by Gasteiger charge is 2.31. The molecular formula is C17H32N2O. The molecule has 3 atom stereocenters. The van der Waals surface area contributed by atoms with Crippen molar-refractivity contribution in [2.75, 3.05) is 19.6 Å². The second-order valence-electron chi connectivity index (χ2n) is 6.74. The van der Waals surface area contributed by atoms with Crippen LogP contribution in [0, 0.1) is 11.8 Å². The number of hydrogen-bond donors (Lipinski definition) is 1. The third-order valence-electron chi connectivity index (χ3n) is 5.08. The van der Waals surface area contributed by atoms with Crippen molar-refractivity contribution >= 4 is 5.91 Å². The molecule has 0 radical (unpaired) electrons. The molecule has 2 aliphatic rings. The summed E-state index contributed by atoms with van der Waals surface area (Å²) in [7, 11) is 0. The van der Waals surface area contributed by atoms with Gasteiger partial charge < -0.3 is 10.2 Å². The molecule has 1 saturated heterocycles. The van der Waals surface area contributed by atoms with Crippen molar-refractivity contribution in [3.05, 3.63) is 0 Å². The lowest BCUT2D eigenvalue weighted by Crippen LogP contribution is -2.35. The average molecular weight is 280 g/mol. The molecule has 20 heavy (non-hydrogen) atoms. The fourth-order valence-electron chi connectivity index (χ4n) is 3.97. The first-order valence-corrected chi connectivity index (χ1v) is 8.75. The van der Waals surface area contributed by atoms with Gasteiger partial charge in [-0.05, 0) is 50.5 Å². The highest BCUT2D eigenvalue weighted by atomic mass is 16.2. The molecule has 116 valence electrons. The van der Waals surface area contributed by atoms with Crippen LogP contribution in [0.15, 0.2) is 0 Å². The maximum atomic E-state index is 12.0. The molecule has 1 N–H and O–H groups in total. The number of nitrogens with one attached hydrogen (secondary N) is 1. The molecule has 2 rings (SSSR count). The van der Waals surface area contributed by atoms with E-state index in [0.29, 0.717) is 17.9 Å². The van der Waals surface area contributed by atoms with E-state index in [1.807, 2.05) is 0 Å². The van der Waals surface area contributed by atoms with Crippen LogP contribution in [0.25, 0.3) is 0 Å². The number of hydrogen-bond acceptors (Lipinski definition) is 2. The first kappa shape index (κ1) is 15.8. The molecule has 3 unspecified atom stereocenters. The topological polar surface area (TPSA) is 32.3 Å². The highest BCUT2D eigenvalue weighted by Crippen LogP contribution is 2.30. The summed E-state index contributed by atoms with van der Waals surface area (Å²) < 4.78 is 0. The highest BCUT2D eigenvalue weighted by molar-refractivity contribution is 5.78. The van der Waals surface area contributed by atoms with Crippen LogP contribution in [0.3, 0.4) is 0 Å². The Morgan fingerprint density at radius 3 is 2.80 bits per heavy atom. The average Bonchev–Trinajstić information content (AvgIpc) is 3.01. The molecule has 0 aromatic heterocycles. The maximum Gasteiger partial charge on any atom is 0.222 e. The van der Waals surface area contributed by atoms with Crippen LogP contribution in [-0.2, 0) is 4.79 Å². The fraction of sp³-hybridized carbons (Fsp3) is 0.941. The lowest BCUT2D eigenvalue weighted by atomic mass is 9.99. The van der Waals surface area contributed by atoms with E-state index >= 15 is 0 Å². The van der Waals surface area contributed by atoms with Gasteiger partial charge >= 0.3 is 0 Å². The van der Waals surface area contributed by atoms with Gasteiger partial charge in [0.15, 0.2) is 0 Å². The SMILES string of the molecule is CCCNC1CCCC1CCN1CC(CCC)CC1=O. The lowest BCUT2D eigenvalue weighted by Gasteiger charge is -2.24. The van der Waals surface area contributed by atoms with Gasteiger partial charge in [0.1, 0.15) is 0 Å². The van der Waals surface area contributed by atoms with E-state index in [4.69, 9.17) is 0 Å². The molecule has 1 aliphatic heterocycles. The van der Waals surface area contributed by atoms with Gasteiger partial charge in [0.05, 0.1) is 0 Å². The molecule has 3 heteroatoms. The molecule has 0 aromatic carbocycles. The molecule has 3 nitrogen and oxygen atoms in total. The van der Waals surface area contributed by atoms with E-state index in [1.165, 1.54) is 44.9 Å². The van der Waals surface area contributed by atoms with Gasteiger partial charge in [0.25, 0.3) is 0 Å². The third kappa shape index (κ3) is 4.21. The maximum absolute atomic E-state index is 12.0. The smallest absolute Gasteiger partial charge is 0.222 e. The summed E-state index contributed by atoms with van der Waals surface area (Å²) in [5.74, 6) is 1.82. The van der Waals surface area contributed by atoms with Crippen molar-refractivity contribution in [1.82, 2.24) is 10.2 Å². The first-order valence-electron chi connectivity index (χ1n) is 8.75. The summed E-state index contributed by atoms with van der Waals surface area (Å²) in [5, 5.41) is 3.69. The van der Waals surface area contributed by atoms with Gasteiger partial charge in [0, 0.05) is 25.6 Å². The number of nitrogens with zero attached hydrogens (tertiary/aromatic N) is 1. The molecule has 0 aromatic rings. The van der Waals surface area contributed by atoms with Crippen LogP contribution in [0.4, 0.5) is 0 Å². The normalized spacial score (nSPS) is 30.4. The summed E-state index contributed by atoms with van der Waals surface area (Å²) >= 11 is 0. The number of amides is 1. The van der Waals surface area contributed by atoms with E-state index < -0.39 is 0 Å². The number of likely N-dealkylation sites (tertiary alicyclic amines) is 1. The Labute approximate surface area is 124 Å². The molecule has 0 bridgehead atoms. The molecule has 1 aliphatic carbocycles.